The van der Waals surface area contributed by atoms with E-state index in [-0.39, 0.29) is 0 Å². The van der Waals surface area contributed by atoms with Gasteiger partial charge in [-0.15, -0.1) is 11.3 Å². The van der Waals surface area contributed by atoms with Gasteiger partial charge in [-0.25, -0.2) is 4.98 Å². The standard InChI is InChI=1S/C20H26N6S/c1-2-21-20(26-13-11-25(12-14-26)19-8-5-15-27-19)22-10-9-18-23-16-6-3-4-7-17(16)24-18/h3-8,15H,2,9-14H2,1H3,(H,21,22)(H,23,24). The van der Waals surface area contributed by atoms with Crippen molar-refractivity contribution in [2.75, 3.05) is 44.2 Å². The summed E-state index contributed by atoms with van der Waals surface area (Å²) in [6, 6.07) is 12.5. The van der Waals surface area contributed by atoms with Gasteiger partial charge in [0, 0.05) is 45.7 Å². The van der Waals surface area contributed by atoms with Crippen LogP contribution in [0.4, 0.5) is 5.00 Å². The van der Waals surface area contributed by atoms with E-state index in [0.29, 0.717) is 0 Å². The summed E-state index contributed by atoms with van der Waals surface area (Å²) in [4.78, 5) is 17.7. The first-order valence-corrected chi connectivity index (χ1v) is 10.5. The van der Waals surface area contributed by atoms with Gasteiger partial charge in [-0.1, -0.05) is 12.1 Å². The van der Waals surface area contributed by atoms with E-state index < -0.39 is 0 Å². The molecule has 7 heteroatoms. The molecule has 0 unspecified atom stereocenters. The maximum Gasteiger partial charge on any atom is 0.194 e. The van der Waals surface area contributed by atoms with E-state index in [0.717, 1.165) is 68.5 Å². The number of nitrogens with one attached hydrogen (secondary N) is 2. The number of thiophene rings is 1. The Hall–Kier alpha value is -2.54. The molecular weight excluding hydrogens is 356 g/mol. The van der Waals surface area contributed by atoms with Crippen LogP contribution in [-0.2, 0) is 6.42 Å². The summed E-state index contributed by atoms with van der Waals surface area (Å²) in [7, 11) is 0. The number of benzene rings is 1. The molecule has 27 heavy (non-hydrogen) atoms. The summed E-state index contributed by atoms with van der Waals surface area (Å²) < 4.78 is 0. The van der Waals surface area contributed by atoms with Gasteiger partial charge in [0.1, 0.15) is 5.82 Å². The highest BCUT2D eigenvalue weighted by atomic mass is 32.1. The zero-order chi connectivity index (χ0) is 18.5. The topological polar surface area (TPSA) is 59.6 Å². The van der Waals surface area contributed by atoms with Gasteiger partial charge in [0.05, 0.1) is 16.0 Å². The van der Waals surface area contributed by atoms with E-state index in [1.165, 1.54) is 5.00 Å². The minimum atomic E-state index is 0.729. The normalized spacial score (nSPS) is 15.5. The van der Waals surface area contributed by atoms with Crippen molar-refractivity contribution in [3.63, 3.8) is 0 Å². The van der Waals surface area contributed by atoms with Gasteiger partial charge in [-0.3, -0.25) is 4.99 Å². The van der Waals surface area contributed by atoms with Crippen LogP contribution in [0.5, 0.6) is 0 Å². The average molecular weight is 383 g/mol. The van der Waals surface area contributed by atoms with E-state index in [9.17, 15) is 0 Å². The highest BCUT2D eigenvalue weighted by molar-refractivity contribution is 7.14. The molecule has 3 aromatic rings. The Morgan fingerprint density at radius 2 is 2.04 bits per heavy atom. The molecule has 0 amide bonds. The molecule has 1 aliphatic rings. The second-order valence-electron chi connectivity index (χ2n) is 6.61. The lowest BCUT2D eigenvalue weighted by atomic mass is 10.3. The van der Waals surface area contributed by atoms with Crippen LogP contribution in [0.1, 0.15) is 12.7 Å². The van der Waals surface area contributed by atoms with Crippen molar-refractivity contribution in [1.82, 2.24) is 20.2 Å². The van der Waals surface area contributed by atoms with Gasteiger partial charge >= 0.3 is 0 Å². The molecule has 142 valence electrons. The lowest BCUT2D eigenvalue weighted by Gasteiger charge is -2.37. The number of aliphatic imine (C=N–C) groups is 1. The van der Waals surface area contributed by atoms with E-state index in [1.807, 2.05) is 29.5 Å². The molecule has 1 aliphatic heterocycles. The van der Waals surface area contributed by atoms with Crippen molar-refractivity contribution in [1.29, 1.82) is 0 Å². The summed E-state index contributed by atoms with van der Waals surface area (Å²) >= 11 is 1.81. The van der Waals surface area contributed by atoms with Gasteiger partial charge in [0.2, 0.25) is 0 Å². The molecule has 1 fully saturated rings. The second-order valence-corrected chi connectivity index (χ2v) is 7.54. The maximum absolute atomic E-state index is 4.85. The quantitative estimate of drug-likeness (QED) is 0.526. The monoisotopic (exact) mass is 382 g/mol. The first kappa shape index (κ1) is 17.9. The van der Waals surface area contributed by atoms with E-state index >= 15 is 0 Å². The third-order valence-electron chi connectivity index (χ3n) is 4.78. The largest absolute Gasteiger partial charge is 0.360 e. The lowest BCUT2D eigenvalue weighted by Crippen LogP contribution is -2.52. The van der Waals surface area contributed by atoms with Crippen LogP contribution < -0.4 is 10.2 Å². The molecule has 3 heterocycles. The molecule has 1 saturated heterocycles. The number of hydrogen-bond acceptors (Lipinski definition) is 4. The maximum atomic E-state index is 4.85. The minimum absolute atomic E-state index is 0.729. The van der Waals surface area contributed by atoms with Crippen LogP contribution in [0.25, 0.3) is 11.0 Å². The number of fused-ring (bicyclic) bond motifs is 1. The number of aromatic nitrogens is 2. The molecule has 2 N–H and O–H groups in total. The first-order valence-electron chi connectivity index (χ1n) is 9.59. The van der Waals surface area contributed by atoms with E-state index in [2.05, 4.69) is 55.6 Å². The van der Waals surface area contributed by atoms with E-state index in [4.69, 9.17) is 4.99 Å². The second kappa shape index (κ2) is 8.43. The third kappa shape index (κ3) is 4.24. The molecule has 6 nitrogen and oxygen atoms in total. The smallest absolute Gasteiger partial charge is 0.194 e. The molecule has 0 bridgehead atoms. The van der Waals surface area contributed by atoms with Gasteiger partial charge < -0.3 is 20.1 Å². The summed E-state index contributed by atoms with van der Waals surface area (Å²) in [6.07, 6.45) is 0.818. The Morgan fingerprint density at radius 3 is 2.78 bits per heavy atom. The number of nitrogens with zero attached hydrogens (tertiary/aromatic N) is 4. The third-order valence-corrected chi connectivity index (χ3v) is 5.71. The fraction of sp³-hybridized carbons (Fsp3) is 0.400. The van der Waals surface area contributed by atoms with Crippen LogP contribution in [0.15, 0.2) is 46.8 Å². The molecule has 0 radical (unpaired) electrons. The van der Waals surface area contributed by atoms with Crippen molar-refractivity contribution in [2.45, 2.75) is 13.3 Å². The Balaban J connectivity index is 1.35. The van der Waals surface area contributed by atoms with Gasteiger partial charge in [0.25, 0.3) is 0 Å². The van der Waals surface area contributed by atoms with Crippen molar-refractivity contribution in [3.05, 3.63) is 47.6 Å². The molecule has 0 aliphatic carbocycles. The van der Waals surface area contributed by atoms with E-state index in [1.54, 1.807) is 0 Å². The van der Waals surface area contributed by atoms with Crippen molar-refractivity contribution >= 4 is 33.3 Å². The number of guanidine groups is 1. The van der Waals surface area contributed by atoms with Crippen LogP contribution in [-0.4, -0.2) is 60.1 Å². The molecular formula is C20H26N6S. The van der Waals surface area contributed by atoms with Crippen LogP contribution in [0.2, 0.25) is 0 Å². The number of anilines is 1. The zero-order valence-electron chi connectivity index (χ0n) is 15.7. The van der Waals surface area contributed by atoms with Crippen molar-refractivity contribution < 1.29 is 0 Å². The first-order chi connectivity index (χ1) is 13.3. The Kier molecular flexibility index (Phi) is 5.58. The predicted octanol–water partition coefficient (Wildman–Crippen LogP) is 2.95. The number of para-hydroxylation sites is 2. The summed E-state index contributed by atoms with van der Waals surface area (Å²) in [5, 5.41) is 6.95. The SMILES string of the molecule is CCNC(=NCCc1nc2ccccc2[nH]1)N1CCN(c2cccs2)CC1. The summed E-state index contributed by atoms with van der Waals surface area (Å²) in [5.41, 5.74) is 2.11. The summed E-state index contributed by atoms with van der Waals surface area (Å²) in [5.74, 6) is 2.01. The van der Waals surface area contributed by atoms with Gasteiger partial charge in [-0.05, 0) is 36.6 Å². The van der Waals surface area contributed by atoms with Gasteiger partial charge in [0.15, 0.2) is 5.96 Å². The van der Waals surface area contributed by atoms with Crippen LogP contribution >= 0.6 is 11.3 Å². The number of aromatic amines is 1. The Morgan fingerprint density at radius 1 is 1.19 bits per heavy atom. The van der Waals surface area contributed by atoms with Crippen LogP contribution in [0, 0.1) is 0 Å². The van der Waals surface area contributed by atoms with Crippen molar-refractivity contribution in [3.8, 4) is 0 Å². The fourth-order valence-corrected chi connectivity index (χ4v) is 4.19. The molecule has 2 aromatic heterocycles. The Labute approximate surface area is 163 Å². The number of H-pyrrole nitrogens is 1. The van der Waals surface area contributed by atoms with Crippen LogP contribution in [0.3, 0.4) is 0 Å². The summed E-state index contributed by atoms with van der Waals surface area (Å²) in [6.45, 7) is 7.80. The number of piperazine rings is 1. The lowest BCUT2D eigenvalue weighted by molar-refractivity contribution is 0.373. The average Bonchev–Trinajstić information content (AvgIpc) is 3.37. The Bertz CT molecular complexity index is 844. The van der Waals surface area contributed by atoms with Crippen molar-refractivity contribution in [2.24, 2.45) is 4.99 Å². The fourth-order valence-electron chi connectivity index (χ4n) is 3.41. The molecule has 0 spiro atoms. The minimum Gasteiger partial charge on any atom is -0.360 e. The van der Waals surface area contributed by atoms with Gasteiger partial charge in [-0.2, -0.15) is 0 Å². The highest BCUT2D eigenvalue weighted by Crippen LogP contribution is 2.22. The number of hydrogen-bond donors (Lipinski definition) is 2. The molecule has 0 saturated carbocycles. The molecule has 0 atom stereocenters. The zero-order valence-corrected chi connectivity index (χ0v) is 16.5. The molecule has 1 aromatic carbocycles. The number of rotatable bonds is 5. The molecule has 4 rings (SSSR count). The predicted molar refractivity (Wildman–Crippen MR) is 114 cm³/mol. The number of imidazole rings is 1. The highest BCUT2D eigenvalue weighted by Gasteiger charge is 2.20.